The van der Waals surface area contributed by atoms with Crippen LogP contribution in [0, 0.1) is 0 Å². The van der Waals surface area contributed by atoms with Crippen LogP contribution in [0.2, 0.25) is 0 Å². The molecule has 98 valence electrons. The second-order valence-electron chi connectivity index (χ2n) is 5.86. The Labute approximate surface area is 107 Å². The van der Waals surface area contributed by atoms with Crippen molar-refractivity contribution in [3.8, 4) is 0 Å². The molecule has 2 rings (SSSR count). The summed E-state index contributed by atoms with van der Waals surface area (Å²) in [5.41, 5.74) is 2.12. The molecule has 0 saturated carbocycles. The van der Waals surface area contributed by atoms with Crippen LogP contribution in [0.1, 0.15) is 77.6 Å². The van der Waals surface area contributed by atoms with Crippen molar-refractivity contribution < 1.29 is 0 Å². The Morgan fingerprint density at radius 3 is 2.76 bits per heavy atom. The summed E-state index contributed by atoms with van der Waals surface area (Å²) in [5, 5.41) is 3.89. The molecular weight excluding hydrogens is 206 g/mol. The van der Waals surface area contributed by atoms with E-state index < -0.39 is 0 Å². The molecule has 1 aliphatic heterocycles. The molecule has 1 N–H and O–H groups in total. The Morgan fingerprint density at radius 1 is 1.06 bits per heavy atom. The van der Waals surface area contributed by atoms with Crippen LogP contribution in [-0.4, -0.2) is 12.1 Å². The highest BCUT2D eigenvalue weighted by Gasteiger charge is 2.32. The van der Waals surface area contributed by atoms with E-state index in [1.807, 2.05) is 0 Å². The number of allylic oxidation sites excluding steroid dienone is 1. The molecule has 17 heavy (non-hydrogen) atoms. The molecule has 1 heterocycles. The van der Waals surface area contributed by atoms with Crippen LogP contribution in [0.25, 0.3) is 0 Å². The van der Waals surface area contributed by atoms with Crippen molar-refractivity contribution >= 4 is 0 Å². The van der Waals surface area contributed by atoms with Gasteiger partial charge in [0.05, 0.1) is 0 Å². The van der Waals surface area contributed by atoms with Crippen LogP contribution in [0.3, 0.4) is 0 Å². The average Bonchev–Trinajstić information content (AvgIpc) is 2.55. The maximum atomic E-state index is 3.89. The molecule has 0 aromatic rings. The highest BCUT2D eigenvalue weighted by Crippen LogP contribution is 2.34. The van der Waals surface area contributed by atoms with E-state index >= 15 is 0 Å². The van der Waals surface area contributed by atoms with Crippen LogP contribution in [0.4, 0.5) is 0 Å². The molecular formula is C16H29N. The Kier molecular flexibility index (Phi) is 5.09. The van der Waals surface area contributed by atoms with E-state index in [9.17, 15) is 0 Å². The minimum absolute atomic E-state index is 0.369. The van der Waals surface area contributed by atoms with Crippen molar-refractivity contribution in [2.75, 3.05) is 6.54 Å². The first-order valence-electron chi connectivity index (χ1n) is 7.82. The average molecular weight is 235 g/mol. The number of hydrogen-bond acceptors (Lipinski definition) is 1. The van der Waals surface area contributed by atoms with E-state index in [1.54, 1.807) is 5.57 Å². The van der Waals surface area contributed by atoms with Crippen molar-refractivity contribution in [1.29, 1.82) is 0 Å². The second kappa shape index (κ2) is 6.58. The Balaban J connectivity index is 2.12. The van der Waals surface area contributed by atoms with E-state index in [0.717, 1.165) is 0 Å². The highest BCUT2D eigenvalue weighted by molar-refractivity contribution is 5.21. The van der Waals surface area contributed by atoms with Crippen molar-refractivity contribution in [2.45, 2.75) is 83.1 Å². The number of nitrogens with one attached hydrogen (secondary N) is 1. The molecule has 1 heteroatoms. The summed E-state index contributed by atoms with van der Waals surface area (Å²) >= 11 is 0. The lowest BCUT2D eigenvalue weighted by molar-refractivity contribution is 0.345. The van der Waals surface area contributed by atoms with Gasteiger partial charge in [0.1, 0.15) is 0 Å². The van der Waals surface area contributed by atoms with Gasteiger partial charge in [0.2, 0.25) is 0 Å². The van der Waals surface area contributed by atoms with Gasteiger partial charge in [-0.3, -0.25) is 0 Å². The lowest BCUT2D eigenvalue weighted by atomic mass is 9.79. The predicted molar refractivity (Wildman–Crippen MR) is 75.3 cm³/mol. The van der Waals surface area contributed by atoms with E-state index in [2.05, 4.69) is 18.3 Å². The van der Waals surface area contributed by atoms with Gasteiger partial charge in [0.25, 0.3) is 0 Å². The fraction of sp³-hybridized carbons (Fsp3) is 0.875. The number of rotatable bonds is 2. The molecule has 1 saturated heterocycles. The zero-order chi connectivity index (χ0) is 12.0. The molecule has 1 atom stereocenters. The largest absolute Gasteiger partial charge is 0.308 e. The van der Waals surface area contributed by atoms with Crippen molar-refractivity contribution in [1.82, 2.24) is 5.32 Å². The van der Waals surface area contributed by atoms with Crippen LogP contribution < -0.4 is 5.32 Å². The first-order chi connectivity index (χ1) is 8.37. The first kappa shape index (κ1) is 13.1. The molecule has 0 bridgehead atoms. The Morgan fingerprint density at radius 2 is 1.88 bits per heavy atom. The quantitative estimate of drug-likeness (QED) is 0.691. The van der Waals surface area contributed by atoms with Gasteiger partial charge in [0.15, 0.2) is 0 Å². The summed E-state index contributed by atoms with van der Waals surface area (Å²) in [4.78, 5) is 0. The van der Waals surface area contributed by atoms with Gasteiger partial charge in [-0.1, -0.05) is 44.3 Å². The molecule has 2 aliphatic rings. The summed E-state index contributed by atoms with van der Waals surface area (Å²) in [5.74, 6) is 0. The van der Waals surface area contributed by atoms with Crippen LogP contribution >= 0.6 is 0 Å². The summed E-state index contributed by atoms with van der Waals surface area (Å²) in [7, 11) is 0. The summed E-state index contributed by atoms with van der Waals surface area (Å²) in [6.45, 7) is 3.60. The maximum absolute atomic E-state index is 3.89. The normalized spacial score (nSPS) is 32.2. The van der Waals surface area contributed by atoms with Crippen molar-refractivity contribution in [2.24, 2.45) is 0 Å². The first-order valence-corrected chi connectivity index (χ1v) is 7.82. The van der Waals surface area contributed by atoms with E-state index in [4.69, 9.17) is 0 Å². The lowest BCUT2D eigenvalue weighted by Gasteiger charge is -2.36. The third-order valence-corrected chi connectivity index (χ3v) is 4.75. The molecule has 1 nitrogen and oxygen atoms in total. The summed E-state index contributed by atoms with van der Waals surface area (Å²) in [6.07, 6.45) is 17.8. The van der Waals surface area contributed by atoms with Crippen molar-refractivity contribution in [3.05, 3.63) is 11.6 Å². The molecule has 0 amide bonds. The van der Waals surface area contributed by atoms with Crippen LogP contribution in [-0.2, 0) is 0 Å². The molecule has 1 fully saturated rings. The second-order valence-corrected chi connectivity index (χ2v) is 5.86. The van der Waals surface area contributed by atoms with Gasteiger partial charge in [-0.25, -0.2) is 0 Å². The van der Waals surface area contributed by atoms with E-state index in [0.29, 0.717) is 5.54 Å². The fourth-order valence-electron chi connectivity index (χ4n) is 3.57. The molecule has 0 radical (unpaired) electrons. The molecule has 0 aromatic carbocycles. The van der Waals surface area contributed by atoms with E-state index in [1.165, 1.54) is 77.2 Å². The van der Waals surface area contributed by atoms with E-state index in [-0.39, 0.29) is 0 Å². The molecule has 1 aliphatic carbocycles. The summed E-state index contributed by atoms with van der Waals surface area (Å²) in [6, 6.07) is 0. The molecule has 0 aromatic heterocycles. The zero-order valence-corrected chi connectivity index (χ0v) is 11.6. The molecule has 1 unspecified atom stereocenters. The monoisotopic (exact) mass is 235 g/mol. The number of hydrogen-bond donors (Lipinski definition) is 1. The lowest BCUT2D eigenvalue weighted by Crippen LogP contribution is -2.46. The fourth-order valence-corrected chi connectivity index (χ4v) is 3.57. The van der Waals surface area contributed by atoms with Crippen LogP contribution in [0.5, 0.6) is 0 Å². The topological polar surface area (TPSA) is 12.0 Å². The standard InChI is InChI=1S/C16H29N/c1-2-16(13-9-6-10-14-17-16)15-11-7-4-3-5-8-12-15/h11,17H,2-10,12-14H2,1H3. The van der Waals surface area contributed by atoms with Gasteiger partial charge < -0.3 is 5.32 Å². The highest BCUT2D eigenvalue weighted by atomic mass is 15.0. The van der Waals surface area contributed by atoms with Crippen molar-refractivity contribution in [3.63, 3.8) is 0 Å². The minimum Gasteiger partial charge on any atom is -0.308 e. The molecule has 0 spiro atoms. The van der Waals surface area contributed by atoms with Gasteiger partial charge in [0, 0.05) is 5.54 Å². The predicted octanol–water partition coefficient (Wildman–Crippen LogP) is 4.58. The maximum Gasteiger partial charge on any atom is 0.0391 e. The minimum atomic E-state index is 0.369. The van der Waals surface area contributed by atoms with Gasteiger partial charge in [-0.2, -0.15) is 0 Å². The SMILES string of the molecule is CCC1(C2=CCCCCCC2)CCCCCN1. The zero-order valence-electron chi connectivity index (χ0n) is 11.6. The van der Waals surface area contributed by atoms with Crippen LogP contribution in [0.15, 0.2) is 11.6 Å². The Bertz CT molecular complexity index is 246. The van der Waals surface area contributed by atoms with Gasteiger partial charge in [-0.15, -0.1) is 0 Å². The summed E-state index contributed by atoms with van der Waals surface area (Å²) < 4.78 is 0. The third-order valence-electron chi connectivity index (χ3n) is 4.75. The van der Waals surface area contributed by atoms with Gasteiger partial charge >= 0.3 is 0 Å². The smallest absolute Gasteiger partial charge is 0.0391 e. The van der Waals surface area contributed by atoms with Gasteiger partial charge in [-0.05, 0) is 51.5 Å². The third kappa shape index (κ3) is 3.34. The Hall–Kier alpha value is -0.300.